The van der Waals surface area contributed by atoms with E-state index in [1.165, 1.54) is 18.9 Å². The zero-order valence-corrected chi connectivity index (χ0v) is 14.8. The molecule has 0 unspecified atom stereocenters. The maximum absolute atomic E-state index is 11.8. The highest BCUT2D eigenvalue weighted by Gasteiger charge is 2.16. The highest BCUT2D eigenvalue weighted by molar-refractivity contribution is 7.99. The Balaban J connectivity index is 2.22. The third-order valence-electron chi connectivity index (χ3n) is 3.19. The molecule has 0 aliphatic heterocycles. The monoisotopic (exact) mass is 347 g/mol. The first-order valence-electron chi connectivity index (χ1n) is 7.61. The van der Waals surface area contributed by atoms with Crippen LogP contribution in [0.1, 0.15) is 13.8 Å². The van der Waals surface area contributed by atoms with Crippen molar-refractivity contribution in [3.63, 3.8) is 0 Å². The van der Waals surface area contributed by atoms with Crippen LogP contribution in [-0.2, 0) is 20.9 Å². The minimum Gasteiger partial charge on any atom is -0.468 e. The largest absolute Gasteiger partial charge is 0.468 e. The fourth-order valence-electron chi connectivity index (χ4n) is 2.15. The second-order valence-electron chi connectivity index (χ2n) is 5.47. The molecular weight excluding hydrogens is 326 g/mol. The number of thioether (sulfide) groups is 1. The van der Waals surface area contributed by atoms with Crippen LogP contribution >= 0.6 is 11.8 Å². The molecule has 0 saturated heterocycles. The average Bonchev–Trinajstić information content (AvgIpc) is 2.95. The lowest BCUT2D eigenvalue weighted by molar-refractivity contribution is -0.141. The SMILES string of the molecule is COC(=O)Cn1c(-c2ccccc2)cnc1SCC(=O)NC(C)C. The molecule has 0 fully saturated rings. The summed E-state index contributed by atoms with van der Waals surface area (Å²) in [6.07, 6.45) is 1.71. The lowest BCUT2D eigenvalue weighted by Crippen LogP contribution is -2.31. The molecule has 7 heteroatoms. The van der Waals surface area contributed by atoms with Gasteiger partial charge in [-0.1, -0.05) is 42.1 Å². The van der Waals surface area contributed by atoms with E-state index in [-0.39, 0.29) is 30.2 Å². The van der Waals surface area contributed by atoms with Crippen molar-refractivity contribution in [2.45, 2.75) is 31.6 Å². The Morgan fingerprint density at radius 2 is 2.00 bits per heavy atom. The van der Waals surface area contributed by atoms with Gasteiger partial charge >= 0.3 is 5.97 Å². The van der Waals surface area contributed by atoms with E-state index < -0.39 is 0 Å². The van der Waals surface area contributed by atoms with E-state index in [0.717, 1.165) is 11.3 Å². The normalized spacial score (nSPS) is 10.7. The van der Waals surface area contributed by atoms with Gasteiger partial charge in [0.25, 0.3) is 0 Å². The first-order chi connectivity index (χ1) is 11.5. The number of carbonyl (C=O) groups excluding carboxylic acids is 2. The minimum atomic E-state index is -0.362. The van der Waals surface area contributed by atoms with Gasteiger partial charge in [-0.05, 0) is 19.4 Å². The zero-order valence-electron chi connectivity index (χ0n) is 14.0. The first-order valence-corrected chi connectivity index (χ1v) is 8.59. The number of methoxy groups -OCH3 is 1. The van der Waals surface area contributed by atoms with Crippen LogP contribution in [-0.4, -0.2) is 40.3 Å². The van der Waals surface area contributed by atoms with Crippen LogP contribution in [0.25, 0.3) is 11.3 Å². The first kappa shape index (κ1) is 18.1. The van der Waals surface area contributed by atoms with Crippen molar-refractivity contribution < 1.29 is 14.3 Å². The van der Waals surface area contributed by atoms with E-state index in [2.05, 4.69) is 10.3 Å². The fourth-order valence-corrected chi connectivity index (χ4v) is 2.94. The number of benzene rings is 1. The van der Waals surface area contributed by atoms with Gasteiger partial charge in [0.15, 0.2) is 5.16 Å². The maximum Gasteiger partial charge on any atom is 0.325 e. The number of hydrogen-bond donors (Lipinski definition) is 1. The molecule has 1 heterocycles. The summed E-state index contributed by atoms with van der Waals surface area (Å²) in [5, 5.41) is 3.44. The predicted molar refractivity (Wildman–Crippen MR) is 93.7 cm³/mol. The summed E-state index contributed by atoms with van der Waals surface area (Å²) in [5.74, 6) is -0.188. The number of imidazole rings is 1. The summed E-state index contributed by atoms with van der Waals surface area (Å²) in [6, 6.07) is 9.76. The summed E-state index contributed by atoms with van der Waals surface area (Å²) in [7, 11) is 1.35. The van der Waals surface area contributed by atoms with Crippen molar-refractivity contribution in [3.05, 3.63) is 36.5 Å². The van der Waals surface area contributed by atoms with E-state index in [0.29, 0.717) is 5.16 Å². The van der Waals surface area contributed by atoms with Crippen LogP contribution < -0.4 is 5.32 Å². The summed E-state index contributed by atoms with van der Waals surface area (Å²) < 4.78 is 6.54. The van der Waals surface area contributed by atoms with Crippen molar-refractivity contribution in [1.82, 2.24) is 14.9 Å². The van der Waals surface area contributed by atoms with Crippen LogP contribution in [0, 0.1) is 0 Å². The molecule has 128 valence electrons. The molecule has 0 spiro atoms. The summed E-state index contributed by atoms with van der Waals surface area (Å²) in [4.78, 5) is 27.9. The van der Waals surface area contributed by atoms with Gasteiger partial charge in [-0.15, -0.1) is 0 Å². The summed E-state index contributed by atoms with van der Waals surface area (Å²) >= 11 is 1.30. The molecule has 1 amide bonds. The van der Waals surface area contributed by atoms with Gasteiger partial charge < -0.3 is 14.6 Å². The lowest BCUT2D eigenvalue weighted by atomic mass is 10.2. The van der Waals surface area contributed by atoms with Crippen molar-refractivity contribution >= 4 is 23.6 Å². The van der Waals surface area contributed by atoms with Crippen LogP contribution in [0.2, 0.25) is 0 Å². The second-order valence-corrected chi connectivity index (χ2v) is 6.41. The molecule has 24 heavy (non-hydrogen) atoms. The van der Waals surface area contributed by atoms with Crippen LogP contribution in [0.15, 0.2) is 41.7 Å². The molecule has 2 rings (SSSR count). The number of ether oxygens (including phenoxy) is 1. The van der Waals surface area contributed by atoms with Crippen molar-refractivity contribution in [1.29, 1.82) is 0 Å². The molecular formula is C17H21N3O3S. The Labute approximate surface area is 145 Å². The number of rotatable bonds is 7. The van der Waals surface area contributed by atoms with Gasteiger partial charge in [-0.2, -0.15) is 0 Å². The predicted octanol–water partition coefficient (Wildman–Crippen LogP) is 2.34. The Morgan fingerprint density at radius 1 is 1.29 bits per heavy atom. The van der Waals surface area contributed by atoms with Crippen LogP contribution in [0.5, 0.6) is 0 Å². The maximum atomic E-state index is 11.8. The molecule has 0 saturated carbocycles. The smallest absolute Gasteiger partial charge is 0.325 e. The highest BCUT2D eigenvalue weighted by Crippen LogP contribution is 2.26. The summed E-state index contributed by atoms with van der Waals surface area (Å²) in [6.45, 7) is 3.87. The molecule has 6 nitrogen and oxygen atoms in total. The molecule has 0 bridgehead atoms. The van der Waals surface area contributed by atoms with Gasteiger partial charge in [0, 0.05) is 6.04 Å². The summed E-state index contributed by atoms with van der Waals surface area (Å²) in [5.41, 5.74) is 1.76. The Morgan fingerprint density at radius 3 is 2.62 bits per heavy atom. The van der Waals surface area contributed by atoms with Gasteiger partial charge in [0.2, 0.25) is 5.91 Å². The van der Waals surface area contributed by atoms with E-state index in [4.69, 9.17) is 4.74 Å². The average molecular weight is 347 g/mol. The third kappa shape index (κ3) is 4.86. The van der Waals surface area contributed by atoms with E-state index in [1.54, 1.807) is 10.8 Å². The number of carbonyl (C=O) groups is 2. The molecule has 1 aromatic carbocycles. The topological polar surface area (TPSA) is 73.2 Å². The van der Waals surface area contributed by atoms with Gasteiger partial charge in [-0.25, -0.2) is 4.98 Å². The fraction of sp³-hybridized carbons (Fsp3) is 0.353. The van der Waals surface area contributed by atoms with E-state index >= 15 is 0 Å². The minimum absolute atomic E-state index is 0.0505. The number of amides is 1. The second kappa shape index (κ2) is 8.54. The van der Waals surface area contributed by atoms with E-state index in [1.807, 2.05) is 44.2 Å². The number of nitrogens with zero attached hydrogens (tertiary/aromatic N) is 2. The number of nitrogens with one attached hydrogen (secondary N) is 1. The number of esters is 1. The number of aromatic nitrogens is 2. The Hall–Kier alpha value is -2.28. The standard InChI is InChI=1S/C17H21N3O3S/c1-12(2)19-15(21)11-24-17-18-9-14(13-7-5-4-6-8-13)20(17)10-16(22)23-3/h4-9,12H,10-11H2,1-3H3,(H,19,21). The van der Waals surface area contributed by atoms with Gasteiger partial charge in [0.05, 0.1) is 24.8 Å². The molecule has 0 atom stereocenters. The quantitative estimate of drug-likeness (QED) is 0.615. The van der Waals surface area contributed by atoms with Crippen molar-refractivity contribution in [2.24, 2.45) is 0 Å². The van der Waals surface area contributed by atoms with Crippen molar-refractivity contribution in [2.75, 3.05) is 12.9 Å². The molecule has 1 aromatic heterocycles. The van der Waals surface area contributed by atoms with Crippen LogP contribution in [0.4, 0.5) is 0 Å². The van der Waals surface area contributed by atoms with Gasteiger partial charge in [0.1, 0.15) is 6.54 Å². The molecule has 0 aliphatic carbocycles. The van der Waals surface area contributed by atoms with Crippen molar-refractivity contribution in [3.8, 4) is 11.3 Å². The van der Waals surface area contributed by atoms with Gasteiger partial charge in [-0.3, -0.25) is 9.59 Å². The third-order valence-corrected chi connectivity index (χ3v) is 4.18. The zero-order chi connectivity index (χ0) is 17.5. The molecule has 0 aliphatic rings. The molecule has 2 aromatic rings. The number of hydrogen-bond acceptors (Lipinski definition) is 5. The van der Waals surface area contributed by atoms with Crippen LogP contribution in [0.3, 0.4) is 0 Å². The Bertz CT molecular complexity index is 698. The highest BCUT2D eigenvalue weighted by atomic mass is 32.2. The Kier molecular flexibility index (Phi) is 6.43. The van der Waals surface area contributed by atoms with E-state index in [9.17, 15) is 9.59 Å². The molecule has 1 N–H and O–H groups in total. The molecule has 0 radical (unpaired) electrons. The lowest BCUT2D eigenvalue weighted by Gasteiger charge is -2.11.